The van der Waals surface area contributed by atoms with E-state index in [1.165, 1.54) is 6.07 Å². The Morgan fingerprint density at radius 2 is 1.62 bits per heavy atom. The molecule has 3 aromatic carbocycles. The van der Waals surface area contributed by atoms with Crippen molar-refractivity contribution in [3.05, 3.63) is 92.8 Å². The van der Waals surface area contributed by atoms with Gasteiger partial charge < -0.3 is 14.7 Å². The molecule has 3 aromatic rings. The van der Waals surface area contributed by atoms with Crippen LogP contribution in [-0.4, -0.2) is 95.6 Å². The summed E-state index contributed by atoms with van der Waals surface area (Å²) in [7, 11) is 0. The van der Waals surface area contributed by atoms with E-state index in [0.29, 0.717) is 71.1 Å². The number of anilines is 2. The van der Waals surface area contributed by atoms with Crippen molar-refractivity contribution in [3.8, 4) is 6.07 Å². The zero-order valence-electron chi connectivity index (χ0n) is 32.4. The van der Waals surface area contributed by atoms with Gasteiger partial charge in [0.25, 0.3) is 17.7 Å². The third kappa shape index (κ3) is 6.79. The lowest BCUT2D eigenvalue weighted by Gasteiger charge is -2.40. The normalized spacial score (nSPS) is 23.4. The lowest BCUT2D eigenvalue weighted by Crippen LogP contribution is -2.54. The predicted octanol–water partition coefficient (Wildman–Crippen LogP) is 5.51. The molecule has 4 saturated heterocycles. The van der Waals surface area contributed by atoms with Crippen molar-refractivity contribution in [1.82, 2.24) is 20.0 Å². The molecule has 14 heteroatoms. The summed E-state index contributed by atoms with van der Waals surface area (Å²) in [5.74, 6) is -2.20. The highest BCUT2D eigenvalue weighted by atomic mass is 35.5. The van der Waals surface area contributed by atoms with Crippen molar-refractivity contribution in [2.75, 3.05) is 49.1 Å². The largest absolute Gasteiger partial charge is 0.369 e. The molecule has 2 atom stereocenters. The minimum atomic E-state index is -0.987. The molecule has 1 N–H and O–H groups in total. The number of carbonyl (C=O) groups is 5. The number of nitriles is 1. The van der Waals surface area contributed by atoms with Crippen LogP contribution in [0.2, 0.25) is 5.02 Å². The van der Waals surface area contributed by atoms with Crippen LogP contribution < -0.4 is 15.1 Å². The Morgan fingerprint density at radius 1 is 0.931 bits per heavy atom. The molecule has 1 unspecified atom stereocenters. The van der Waals surface area contributed by atoms with E-state index in [1.807, 2.05) is 17.0 Å². The molecule has 12 nitrogen and oxygen atoms in total. The van der Waals surface area contributed by atoms with Gasteiger partial charge in [0, 0.05) is 76.1 Å². The van der Waals surface area contributed by atoms with Gasteiger partial charge in [-0.2, -0.15) is 5.26 Å². The molecule has 58 heavy (non-hydrogen) atoms. The SMILES string of the molecule is C[C@H]1CC2(CCN(c3ccc(C(=O)N4CCC(CN5Cc6cc7c(cc6C5)C(=O)N(C5CCC(=O)NC5=O)C7=O)CC4)cc3F)CC2)CN1c1ccc(C#N)c(Cl)c1. The molecule has 0 saturated carbocycles. The number of piperidine rings is 3. The average Bonchev–Trinajstić information content (AvgIpc) is 3.84. The quantitative estimate of drug-likeness (QED) is 0.320. The standard InChI is InChI=1S/C44H45ClFN7O5/c1-26-20-44(25-52(26)32-4-2-29(21-47)35(45)19-32)10-14-50(15-11-44)37-5-3-28(18-36(37)46)41(56)51-12-8-27(9-13-51)22-49-23-30-16-33-34(17-31(30)24-49)43(58)53(42(33)57)38-6-7-39(54)48-40(38)55/h2-5,16-19,26-27,38H,6-15,20,22-25H2,1H3,(H,48,54,55)/t26-,38?/m0/s1. The smallest absolute Gasteiger partial charge is 0.262 e. The third-order valence-electron chi connectivity index (χ3n) is 13.5. The fourth-order valence-corrected chi connectivity index (χ4v) is 10.6. The zero-order valence-corrected chi connectivity index (χ0v) is 33.2. The number of hydrogen-bond donors (Lipinski definition) is 1. The van der Waals surface area contributed by atoms with Crippen LogP contribution in [0.5, 0.6) is 0 Å². The van der Waals surface area contributed by atoms with Gasteiger partial charge in [0.1, 0.15) is 17.9 Å². The second-order valence-corrected chi connectivity index (χ2v) is 17.5. The van der Waals surface area contributed by atoms with Crippen molar-refractivity contribution in [1.29, 1.82) is 5.26 Å². The number of fused-ring (bicyclic) bond motifs is 2. The number of halogens is 2. The number of imide groups is 2. The maximum atomic E-state index is 15.7. The first-order valence-corrected chi connectivity index (χ1v) is 20.7. The number of rotatable bonds is 6. The second kappa shape index (κ2) is 14.8. The Balaban J connectivity index is 0.759. The van der Waals surface area contributed by atoms with Gasteiger partial charge in [-0.15, -0.1) is 0 Å². The van der Waals surface area contributed by atoms with Gasteiger partial charge in [-0.1, -0.05) is 11.6 Å². The van der Waals surface area contributed by atoms with Gasteiger partial charge >= 0.3 is 0 Å². The van der Waals surface area contributed by atoms with Crippen LogP contribution in [0.15, 0.2) is 48.5 Å². The molecular weight excluding hydrogens is 761 g/mol. The highest BCUT2D eigenvalue weighted by Gasteiger charge is 2.46. The monoisotopic (exact) mass is 805 g/mol. The summed E-state index contributed by atoms with van der Waals surface area (Å²) in [6.45, 7) is 7.83. The first-order valence-electron chi connectivity index (χ1n) is 20.3. The van der Waals surface area contributed by atoms with Crippen LogP contribution >= 0.6 is 11.6 Å². The zero-order chi connectivity index (χ0) is 40.5. The summed E-state index contributed by atoms with van der Waals surface area (Å²) >= 11 is 6.35. The topological polar surface area (TPSA) is 137 Å². The Morgan fingerprint density at radius 3 is 2.24 bits per heavy atom. The van der Waals surface area contributed by atoms with Crippen LogP contribution in [0.25, 0.3) is 0 Å². The first kappa shape index (κ1) is 38.2. The average molecular weight is 806 g/mol. The molecule has 6 aliphatic heterocycles. The van der Waals surface area contributed by atoms with E-state index in [9.17, 15) is 29.2 Å². The van der Waals surface area contributed by atoms with Crippen LogP contribution in [0.4, 0.5) is 15.8 Å². The van der Waals surface area contributed by atoms with Gasteiger partial charge in [-0.25, -0.2) is 4.39 Å². The Labute approximate surface area is 341 Å². The van der Waals surface area contributed by atoms with Crippen LogP contribution in [0.1, 0.15) is 99.6 Å². The van der Waals surface area contributed by atoms with E-state index in [1.54, 1.807) is 30.3 Å². The summed E-state index contributed by atoms with van der Waals surface area (Å²) in [6, 6.07) is 15.5. The number of carbonyl (C=O) groups excluding carboxylic acids is 5. The third-order valence-corrected chi connectivity index (χ3v) is 13.8. The summed E-state index contributed by atoms with van der Waals surface area (Å²) in [6.07, 6.45) is 4.74. The van der Waals surface area contributed by atoms with E-state index in [4.69, 9.17) is 11.6 Å². The van der Waals surface area contributed by atoms with Crippen molar-refractivity contribution in [3.63, 3.8) is 0 Å². The molecule has 4 fully saturated rings. The molecule has 1 spiro atoms. The van der Waals surface area contributed by atoms with E-state index in [-0.39, 0.29) is 30.0 Å². The first-order chi connectivity index (χ1) is 27.9. The van der Waals surface area contributed by atoms with Crippen LogP contribution in [-0.2, 0) is 22.7 Å². The summed E-state index contributed by atoms with van der Waals surface area (Å²) < 4.78 is 15.7. The van der Waals surface area contributed by atoms with Crippen molar-refractivity contribution in [2.24, 2.45) is 11.3 Å². The summed E-state index contributed by atoms with van der Waals surface area (Å²) in [5.41, 5.74) is 5.07. The number of amides is 5. The lowest BCUT2D eigenvalue weighted by atomic mass is 9.76. The molecule has 300 valence electrons. The molecule has 9 rings (SSSR count). The number of nitrogens with one attached hydrogen (secondary N) is 1. The number of nitrogens with zero attached hydrogens (tertiary/aromatic N) is 6. The fourth-order valence-electron chi connectivity index (χ4n) is 10.4. The van der Waals surface area contributed by atoms with Crippen molar-refractivity contribution in [2.45, 2.75) is 77.0 Å². The van der Waals surface area contributed by atoms with E-state index in [0.717, 1.165) is 80.0 Å². The minimum absolute atomic E-state index is 0.0786. The van der Waals surface area contributed by atoms with Gasteiger partial charge in [-0.3, -0.25) is 39.1 Å². The van der Waals surface area contributed by atoms with Crippen molar-refractivity contribution >= 4 is 52.5 Å². The molecule has 0 aromatic heterocycles. The van der Waals surface area contributed by atoms with Crippen LogP contribution in [0, 0.1) is 28.5 Å². The summed E-state index contributed by atoms with van der Waals surface area (Å²) in [4.78, 5) is 73.8. The van der Waals surface area contributed by atoms with E-state index in [2.05, 4.69) is 33.0 Å². The molecule has 0 radical (unpaired) electrons. The second-order valence-electron chi connectivity index (χ2n) is 17.1. The van der Waals surface area contributed by atoms with E-state index >= 15 is 4.39 Å². The van der Waals surface area contributed by atoms with E-state index < -0.39 is 29.7 Å². The number of likely N-dealkylation sites (tertiary alicyclic amines) is 1. The molecule has 0 aliphatic carbocycles. The van der Waals surface area contributed by atoms with Gasteiger partial charge in [0.15, 0.2) is 0 Å². The van der Waals surface area contributed by atoms with Crippen molar-refractivity contribution < 1.29 is 28.4 Å². The maximum absolute atomic E-state index is 15.7. The number of hydrogen-bond acceptors (Lipinski definition) is 9. The molecule has 0 bridgehead atoms. The Kier molecular flexibility index (Phi) is 9.76. The molecule has 6 heterocycles. The maximum Gasteiger partial charge on any atom is 0.262 e. The Hall–Kier alpha value is -5.32. The number of benzene rings is 3. The van der Waals surface area contributed by atoms with Gasteiger partial charge in [-0.05, 0) is 116 Å². The predicted molar refractivity (Wildman–Crippen MR) is 214 cm³/mol. The van der Waals surface area contributed by atoms with Crippen LogP contribution in [0.3, 0.4) is 0 Å². The summed E-state index contributed by atoms with van der Waals surface area (Å²) in [5, 5.41) is 12.0. The molecule has 6 aliphatic rings. The fraction of sp³-hybridized carbons (Fsp3) is 0.455. The van der Waals surface area contributed by atoms with Gasteiger partial charge in [0.05, 0.1) is 27.4 Å². The minimum Gasteiger partial charge on any atom is -0.369 e. The lowest BCUT2D eigenvalue weighted by molar-refractivity contribution is -0.136. The molecule has 5 amide bonds. The highest BCUT2D eigenvalue weighted by Crippen LogP contribution is 2.46. The molecular formula is C44H45ClFN7O5. The van der Waals surface area contributed by atoms with Gasteiger partial charge in [0.2, 0.25) is 11.8 Å². The highest BCUT2D eigenvalue weighted by molar-refractivity contribution is 6.32. The Bertz CT molecular complexity index is 2250.